The number of aromatic hydroxyl groups is 1. The number of nitrogens with one attached hydrogen (secondary N) is 2. The molecule has 0 saturated heterocycles. The van der Waals surface area contributed by atoms with Gasteiger partial charge >= 0.3 is 0 Å². The lowest BCUT2D eigenvalue weighted by molar-refractivity contribution is -0.117. The fourth-order valence-electron chi connectivity index (χ4n) is 2.32. The Bertz CT molecular complexity index is 1070. The van der Waals surface area contributed by atoms with E-state index in [1.165, 1.54) is 18.4 Å². The Labute approximate surface area is 180 Å². The van der Waals surface area contributed by atoms with E-state index in [9.17, 15) is 14.7 Å². The van der Waals surface area contributed by atoms with Gasteiger partial charge in [0.1, 0.15) is 17.2 Å². The summed E-state index contributed by atoms with van der Waals surface area (Å²) in [7, 11) is 0. The first kappa shape index (κ1) is 20.3. The van der Waals surface area contributed by atoms with Gasteiger partial charge in [-0.15, -0.1) is 0 Å². The molecule has 146 valence electrons. The van der Waals surface area contributed by atoms with Crippen LogP contribution >= 0.6 is 22.6 Å². The van der Waals surface area contributed by atoms with Crippen LogP contribution in [0.15, 0.2) is 81.9 Å². The molecule has 0 spiro atoms. The van der Waals surface area contributed by atoms with Gasteiger partial charge in [0, 0.05) is 11.1 Å². The maximum absolute atomic E-state index is 12.6. The predicted molar refractivity (Wildman–Crippen MR) is 117 cm³/mol. The molecule has 1 aromatic heterocycles. The number of benzene rings is 2. The van der Waals surface area contributed by atoms with Crippen LogP contribution in [0.2, 0.25) is 0 Å². The van der Waals surface area contributed by atoms with E-state index in [1.54, 1.807) is 60.7 Å². The summed E-state index contributed by atoms with van der Waals surface area (Å²) in [6, 6.07) is 18.4. The van der Waals surface area contributed by atoms with Crippen LogP contribution in [0.25, 0.3) is 6.08 Å². The molecule has 0 unspecified atom stereocenters. The van der Waals surface area contributed by atoms with Crippen molar-refractivity contribution in [2.45, 2.75) is 0 Å². The van der Waals surface area contributed by atoms with Crippen molar-refractivity contribution < 1.29 is 19.1 Å². The average molecular weight is 501 g/mol. The van der Waals surface area contributed by atoms with E-state index in [1.807, 2.05) is 22.6 Å². The Morgan fingerprint density at radius 1 is 1.00 bits per heavy atom. The fraction of sp³-hybridized carbons (Fsp3) is 0. The molecule has 29 heavy (non-hydrogen) atoms. The van der Waals surface area contributed by atoms with E-state index in [2.05, 4.69) is 15.8 Å². The second-order valence-corrected chi connectivity index (χ2v) is 6.84. The summed E-state index contributed by atoms with van der Waals surface area (Å²) in [6.07, 6.45) is 2.72. The zero-order valence-corrected chi connectivity index (χ0v) is 17.2. The predicted octanol–water partition coefficient (Wildman–Crippen LogP) is 3.51. The van der Waals surface area contributed by atoms with Crippen LogP contribution in [0, 0.1) is 3.77 Å². The van der Waals surface area contributed by atoms with E-state index in [4.69, 9.17) is 4.42 Å². The lowest BCUT2D eigenvalue weighted by Gasteiger charge is -2.09. The molecule has 1 heterocycles. The average Bonchev–Trinajstić information content (AvgIpc) is 3.14. The van der Waals surface area contributed by atoms with Crippen LogP contribution in [0.4, 0.5) is 0 Å². The standard InChI is InChI=1S/C21H16IN3O4/c22-19-11-10-16(29-19)13-23-25-21(28)17(12-15-8-4-5-9-18(15)26)24-20(27)14-6-2-1-3-7-14/h1-13,26H,(H,24,27)(H,25,28)/b17-12-,23-13-. The Hall–Kier alpha value is -3.40. The minimum atomic E-state index is -0.657. The van der Waals surface area contributed by atoms with Crippen LogP contribution in [0.5, 0.6) is 5.75 Å². The van der Waals surface area contributed by atoms with Crippen molar-refractivity contribution in [2.75, 3.05) is 0 Å². The van der Waals surface area contributed by atoms with Crippen molar-refractivity contribution in [2.24, 2.45) is 5.10 Å². The van der Waals surface area contributed by atoms with E-state index < -0.39 is 11.8 Å². The number of hydrazone groups is 1. The molecule has 0 fully saturated rings. The zero-order valence-electron chi connectivity index (χ0n) is 15.0. The maximum atomic E-state index is 12.6. The van der Waals surface area contributed by atoms with Gasteiger partial charge in [0.15, 0.2) is 3.77 Å². The lowest BCUT2D eigenvalue weighted by atomic mass is 10.1. The molecule has 0 aliphatic rings. The van der Waals surface area contributed by atoms with E-state index in [0.717, 1.165) is 0 Å². The molecule has 0 radical (unpaired) electrons. The summed E-state index contributed by atoms with van der Waals surface area (Å²) < 4.78 is 6.01. The van der Waals surface area contributed by atoms with Crippen LogP contribution in [-0.4, -0.2) is 23.1 Å². The number of phenolic OH excluding ortho intramolecular Hbond substituents is 1. The molecule has 0 saturated carbocycles. The highest BCUT2D eigenvalue weighted by Crippen LogP contribution is 2.18. The number of rotatable bonds is 6. The third-order valence-electron chi connectivity index (χ3n) is 3.72. The second-order valence-electron chi connectivity index (χ2n) is 5.78. The quantitative estimate of drug-likeness (QED) is 0.208. The molecule has 2 amide bonds. The minimum absolute atomic E-state index is 0.0274. The number of halogens is 1. The molecule has 2 aromatic carbocycles. The third kappa shape index (κ3) is 5.79. The molecule has 8 heteroatoms. The van der Waals surface area contributed by atoms with Gasteiger partial charge in [0.05, 0.1) is 6.21 Å². The Kier molecular flexibility index (Phi) is 6.80. The lowest BCUT2D eigenvalue weighted by Crippen LogP contribution is -2.32. The molecular formula is C21H16IN3O4. The summed E-state index contributed by atoms with van der Waals surface area (Å²) in [4.78, 5) is 25.1. The highest BCUT2D eigenvalue weighted by molar-refractivity contribution is 14.1. The van der Waals surface area contributed by atoms with Gasteiger partial charge in [0.25, 0.3) is 11.8 Å². The number of amides is 2. The molecule has 0 aliphatic heterocycles. The summed E-state index contributed by atoms with van der Waals surface area (Å²) >= 11 is 2.01. The maximum Gasteiger partial charge on any atom is 0.287 e. The van der Waals surface area contributed by atoms with Crippen molar-refractivity contribution in [3.05, 3.63) is 93.1 Å². The summed E-state index contributed by atoms with van der Waals surface area (Å²) in [6.45, 7) is 0. The summed E-state index contributed by atoms with van der Waals surface area (Å²) in [5.74, 6) is -0.684. The molecule has 7 nitrogen and oxygen atoms in total. The SMILES string of the molecule is O=C(N/N=C\c1ccc(I)o1)/C(=C/c1ccccc1O)NC(=O)c1ccccc1. The molecular weight excluding hydrogens is 485 g/mol. The largest absolute Gasteiger partial charge is 0.507 e. The zero-order chi connectivity index (χ0) is 20.6. The minimum Gasteiger partial charge on any atom is -0.507 e. The van der Waals surface area contributed by atoms with Crippen molar-refractivity contribution in [3.8, 4) is 5.75 Å². The van der Waals surface area contributed by atoms with Crippen LogP contribution in [0.3, 0.4) is 0 Å². The van der Waals surface area contributed by atoms with Crippen molar-refractivity contribution >= 4 is 46.7 Å². The van der Waals surface area contributed by atoms with E-state index in [-0.39, 0.29) is 11.4 Å². The highest BCUT2D eigenvalue weighted by atomic mass is 127. The van der Waals surface area contributed by atoms with Gasteiger partial charge in [-0.05, 0) is 59.0 Å². The third-order valence-corrected chi connectivity index (χ3v) is 4.30. The van der Waals surface area contributed by atoms with Gasteiger partial charge in [-0.2, -0.15) is 5.10 Å². The molecule has 3 rings (SSSR count). The Morgan fingerprint density at radius 3 is 2.41 bits per heavy atom. The normalized spacial score (nSPS) is 11.4. The Morgan fingerprint density at radius 2 is 1.72 bits per heavy atom. The number of para-hydroxylation sites is 1. The monoisotopic (exact) mass is 501 g/mol. The first-order valence-electron chi connectivity index (χ1n) is 8.48. The molecule has 3 aromatic rings. The number of phenols is 1. The Balaban J connectivity index is 1.81. The molecule has 0 aliphatic carbocycles. The number of carbonyl (C=O) groups excluding carboxylic acids is 2. The van der Waals surface area contributed by atoms with Crippen LogP contribution in [-0.2, 0) is 4.79 Å². The molecule has 0 bridgehead atoms. The number of hydrogen-bond acceptors (Lipinski definition) is 5. The summed E-state index contributed by atoms with van der Waals surface area (Å²) in [5.41, 5.74) is 3.02. The fourth-order valence-corrected chi connectivity index (χ4v) is 2.75. The van der Waals surface area contributed by atoms with Crippen molar-refractivity contribution in [1.29, 1.82) is 0 Å². The van der Waals surface area contributed by atoms with Gasteiger partial charge in [0.2, 0.25) is 0 Å². The topological polar surface area (TPSA) is 104 Å². The van der Waals surface area contributed by atoms with Gasteiger partial charge in [-0.3, -0.25) is 9.59 Å². The first-order chi connectivity index (χ1) is 14.0. The van der Waals surface area contributed by atoms with E-state index >= 15 is 0 Å². The van der Waals surface area contributed by atoms with Crippen molar-refractivity contribution in [1.82, 2.24) is 10.7 Å². The second kappa shape index (κ2) is 9.69. The highest BCUT2D eigenvalue weighted by Gasteiger charge is 2.15. The number of furan rings is 1. The van der Waals surface area contributed by atoms with Crippen LogP contribution < -0.4 is 10.7 Å². The van der Waals surface area contributed by atoms with Gasteiger partial charge in [-0.1, -0.05) is 36.4 Å². The summed E-state index contributed by atoms with van der Waals surface area (Å²) in [5, 5.41) is 16.4. The smallest absolute Gasteiger partial charge is 0.287 e. The first-order valence-corrected chi connectivity index (χ1v) is 9.55. The van der Waals surface area contributed by atoms with Crippen molar-refractivity contribution in [3.63, 3.8) is 0 Å². The van der Waals surface area contributed by atoms with Crippen LogP contribution in [0.1, 0.15) is 21.7 Å². The van der Waals surface area contributed by atoms with E-state index in [0.29, 0.717) is 20.7 Å². The van der Waals surface area contributed by atoms with Gasteiger partial charge < -0.3 is 14.8 Å². The number of hydrogen-bond donors (Lipinski definition) is 3. The number of nitrogens with zero attached hydrogens (tertiary/aromatic N) is 1. The number of carbonyl (C=O) groups is 2. The van der Waals surface area contributed by atoms with Gasteiger partial charge in [-0.25, -0.2) is 5.43 Å². The molecule has 3 N–H and O–H groups in total. The molecule has 0 atom stereocenters.